The number of amides is 1. The number of benzene rings is 1. The van der Waals surface area contributed by atoms with Gasteiger partial charge in [-0.2, -0.15) is 0 Å². The molecule has 0 radical (unpaired) electrons. The first-order chi connectivity index (χ1) is 10.0. The predicted molar refractivity (Wildman–Crippen MR) is 82.1 cm³/mol. The lowest BCUT2D eigenvalue weighted by Crippen LogP contribution is -2.13. The van der Waals surface area contributed by atoms with E-state index >= 15 is 0 Å². The third kappa shape index (κ3) is 4.63. The lowest BCUT2D eigenvalue weighted by molar-refractivity contribution is -0.116. The van der Waals surface area contributed by atoms with E-state index in [1.54, 1.807) is 6.20 Å². The number of nitrogens with zero attached hydrogens (tertiary/aromatic N) is 2. The van der Waals surface area contributed by atoms with Crippen molar-refractivity contribution in [1.82, 2.24) is 9.55 Å². The van der Waals surface area contributed by atoms with Crippen LogP contribution < -0.4 is 10.1 Å². The molecule has 5 heteroatoms. The third-order valence-corrected chi connectivity index (χ3v) is 3.02. The Morgan fingerprint density at radius 2 is 2.05 bits per heavy atom. The second-order valence-electron chi connectivity index (χ2n) is 5.41. The van der Waals surface area contributed by atoms with Gasteiger partial charge in [0.25, 0.3) is 0 Å². The Hall–Kier alpha value is -2.30. The van der Waals surface area contributed by atoms with Gasteiger partial charge in [-0.1, -0.05) is 13.8 Å². The first-order valence-corrected chi connectivity index (χ1v) is 7.03. The monoisotopic (exact) mass is 287 g/mol. The van der Waals surface area contributed by atoms with Gasteiger partial charge in [-0.05, 0) is 30.2 Å². The van der Waals surface area contributed by atoms with Crippen molar-refractivity contribution in [2.45, 2.75) is 26.9 Å². The SMILES string of the molecule is CC(C)CC(=O)Nc1ccc(OCc2nccn2C)cc1. The highest BCUT2D eigenvalue weighted by Crippen LogP contribution is 2.17. The average molecular weight is 287 g/mol. The van der Waals surface area contributed by atoms with Gasteiger partial charge in [0, 0.05) is 31.5 Å². The number of anilines is 1. The Balaban J connectivity index is 1.87. The van der Waals surface area contributed by atoms with Crippen LogP contribution in [0.5, 0.6) is 5.75 Å². The van der Waals surface area contributed by atoms with E-state index in [1.807, 2.05) is 55.9 Å². The molecule has 0 atom stereocenters. The van der Waals surface area contributed by atoms with Crippen LogP contribution in [0.4, 0.5) is 5.69 Å². The lowest BCUT2D eigenvalue weighted by Gasteiger charge is -2.09. The molecule has 0 unspecified atom stereocenters. The van der Waals surface area contributed by atoms with E-state index in [1.165, 1.54) is 0 Å². The number of carbonyl (C=O) groups is 1. The summed E-state index contributed by atoms with van der Waals surface area (Å²) in [5.74, 6) is 2.00. The molecule has 5 nitrogen and oxygen atoms in total. The summed E-state index contributed by atoms with van der Waals surface area (Å²) in [5, 5.41) is 2.87. The molecule has 0 fully saturated rings. The van der Waals surface area contributed by atoms with Gasteiger partial charge in [-0.25, -0.2) is 4.98 Å². The Kier molecular flexibility index (Phi) is 4.98. The first-order valence-electron chi connectivity index (χ1n) is 7.03. The number of ether oxygens (including phenoxy) is 1. The van der Waals surface area contributed by atoms with Crippen molar-refractivity contribution < 1.29 is 9.53 Å². The molecule has 1 amide bonds. The average Bonchev–Trinajstić information content (AvgIpc) is 2.82. The summed E-state index contributed by atoms with van der Waals surface area (Å²) < 4.78 is 7.58. The van der Waals surface area contributed by atoms with Crippen molar-refractivity contribution in [1.29, 1.82) is 0 Å². The number of rotatable bonds is 6. The second-order valence-corrected chi connectivity index (χ2v) is 5.41. The molecule has 0 aliphatic carbocycles. The molecule has 1 aromatic heterocycles. The molecule has 0 aliphatic heterocycles. The Morgan fingerprint density at radius 1 is 1.33 bits per heavy atom. The summed E-state index contributed by atoms with van der Waals surface area (Å²) in [6.07, 6.45) is 4.15. The number of nitrogens with one attached hydrogen (secondary N) is 1. The van der Waals surface area contributed by atoms with Crippen LogP contribution in [0, 0.1) is 5.92 Å². The van der Waals surface area contributed by atoms with Crippen LogP contribution in [0.15, 0.2) is 36.7 Å². The number of aromatic nitrogens is 2. The summed E-state index contributed by atoms with van der Waals surface area (Å²) in [6, 6.07) is 7.36. The van der Waals surface area contributed by atoms with Crippen LogP contribution in [0.2, 0.25) is 0 Å². The zero-order valence-corrected chi connectivity index (χ0v) is 12.7. The van der Waals surface area contributed by atoms with Gasteiger partial charge in [-0.15, -0.1) is 0 Å². The summed E-state index contributed by atoms with van der Waals surface area (Å²) in [4.78, 5) is 15.9. The molecule has 0 bridgehead atoms. The molecule has 21 heavy (non-hydrogen) atoms. The van der Waals surface area contributed by atoms with Crippen LogP contribution in [0.3, 0.4) is 0 Å². The van der Waals surface area contributed by atoms with Gasteiger partial charge in [0.2, 0.25) is 5.91 Å². The molecular formula is C16H21N3O2. The molecule has 2 rings (SSSR count). The van der Waals surface area contributed by atoms with Gasteiger partial charge >= 0.3 is 0 Å². The zero-order chi connectivity index (χ0) is 15.2. The van der Waals surface area contributed by atoms with E-state index in [0.717, 1.165) is 17.3 Å². The molecule has 112 valence electrons. The van der Waals surface area contributed by atoms with Crippen molar-refractivity contribution >= 4 is 11.6 Å². The van der Waals surface area contributed by atoms with Gasteiger partial charge in [-0.3, -0.25) is 4.79 Å². The maximum absolute atomic E-state index is 11.7. The summed E-state index contributed by atoms with van der Waals surface area (Å²) >= 11 is 0. The number of hydrogen-bond acceptors (Lipinski definition) is 3. The minimum absolute atomic E-state index is 0.0340. The number of imidazole rings is 1. The topological polar surface area (TPSA) is 56.1 Å². The normalized spacial score (nSPS) is 10.7. The largest absolute Gasteiger partial charge is 0.486 e. The Labute approximate surface area is 125 Å². The molecular weight excluding hydrogens is 266 g/mol. The molecule has 0 spiro atoms. The van der Waals surface area contributed by atoms with E-state index in [2.05, 4.69) is 10.3 Å². The highest BCUT2D eigenvalue weighted by molar-refractivity contribution is 5.90. The number of hydrogen-bond donors (Lipinski definition) is 1. The lowest BCUT2D eigenvalue weighted by atomic mass is 10.1. The number of carbonyl (C=O) groups excluding carboxylic acids is 1. The van der Waals surface area contributed by atoms with E-state index in [-0.39, 0.29) is 5.91 Å². The van der Waals surface area contributed by atoms with Gasteiger partial charge in [0.1, 0.15) is 18.2 Å². The van der Waals surface area contributed by atoms with Gasteiger partial charge in [0.15, 0.2) is 0 Å². The third-order valence-electron chi connectivity index (χ3n) is 3.02. The van der Waals surface area contributed by atoms with Crippen molar-refractivity contribution in [3.63, 3.8) is 0 Å². The summed E-state index contributed by atoms with van der Waals surface area (Å²) in [6.45, 7) is 4.46. The second kappa shape index (κ2) is 6.92. The molecule has 0 aliphatic rings. The Bertz CT molecular complexity index is 588. The van der Waals surface area contributed by atoms with Gasteiger partial charge < -0.3 is 14.6 Å². The van der Waals surface area contributed by atoms with Crippen LogP contribution in [-0.4, -0.2) is 15.5 Å². The first kappa shape index (κ1) is 15.1. The fraction of sp³-hybridized carbons (Fsp3) is 0.375. The quantitative estimate of drug-likeness (QED) is 0.888. The molecule has 2 aromatic rings. The highest BCUT2D eigenvalue weighted by Gasteiger charge is 2.05. The standard InChI is InChI=1S/C16H21N3O2/c1-12(2)10-16(20)18-13-4-6-14(7-5-13)21-11-15-17-8-9-19(15)3/h4-9,12H,10-11H2,1-3H3,(H,18,20). The van der Waals surface area contributed by atoms with E-state index in [4.69, 9.17) is 4.74 Å². The maximum Gasteiger partial charge on any atom is 0.224 e. The molecule has 1 heterocycles. The maximum atomic E-state index is 11.7. The molecule has 1 N–H and O–H groups in total. The number of aryl methyl sites for hydroxylation is 1. The summed E-state index contributed by atoms with van der Waals surface area (Å²) in [5.41, 5.74) is 0.782. The fourth-order valence-electron chi connectivity index (χ4n) is 1.90. The highest BCUT2D eigenvalue weighted by atomic mass is 16.5. The van der Waals surface area contributed by atoms with Gasteiger partial charge in [0.05, 0.1) is 0 Å². The summed E-state index contributed by atoms with van der Waals surface area (Å²) in [7, 11) is 1.93. The zero-order valence-electron chi connectivity index (χ0n) is 12.7. The molecule has 1 aromatic carbocycles. The molecule has 0 saturated carbocycles. The van der Waals surface area contributed by atoms with Crippen LogP contribution >= 0.6 is 0 Å². The smallest absolute Gasteiger partial charge is 0.224 e. The minimum atomic E-state index is 0.0340. The van der Waals surface area contributed by atoms with E-state index in [0.29, 0.717) is 18.9 Å². The van der Waals surface area contributed by atoms with E-state index in [9.17, 15) is 4.79 Å². The van der Waals surface area contributed by atoms with Crippen molar-refractivity contribution in [2.75, 3.05) is 5.32 Å². The van der Waals surface area contributed by atoms with Crippen molar-refractivity contribution in [3.05, 3.63) is 42.5 Å². The fourth-order valence-corrected chi connectivity index (χ4v) is 1.90. The van der Waals surface area contributed by atoms with E-state index < -0.39 is 0 Å². The van der Waals surface area contributed by atoms with Crippen molar-refractivity contribution in [3.8, 4) is 5.75 Å². The van der Waals surface area contributed by atoms with Crippen LogP contribution in [-0.2, 0) is 18.4 Å². The predicted octanol–water partition coefficient (Wildman–Crippen LogP) is 2.98. The van der Waals surface area contributed by atoms with Crippen LogP contribution in [0.1, 0.15) is 26.1 Å². The minimum Gasteiger partial charge on any atom is -0.486 e. The van der Waals surface area contributed by atoms with Crippen molar-refractivity contribution in [2.24, 2.45) is 13.0 Å². The van der Waals surface area contributed by atoms with Crippen LogP contribution in [0.25, 0.3) is 0 Å². The molecule has 0 saturated heterocycles. The Morgan fingerprint density at radius 3 is 2.62 bits per heavy atom.